The Morgan fingerprint density at radius 3 is 2.62 bits per heavy atom. The fourth-order valence-corrected chi connectivity index (χ4v) is 2.82. The molecule has 0 saturated carbocycles. The standard InChI is InChI=1S/C18H25FN4O/c1-12-16(13(2)23(5)21-12)10-18(24)20-11-17(22(3)4)14-7-6-8-15(19)9-14/h6-9,17H,10-11H2,1-5H3,(H,20,24). The molecule has 2 aromatic rings. The summed E-state index contributed by atoms with van der Waals surface area (Å²) in [6.07, 6.45) is 0.300. The molecular weight excluding hydrogens is 307 g/mol. The highest BCUT2D eigenvalue weighted by Gasteiger charge is 2.18. The molecule has 0 aliphatic rings. The predicted octanol–water partition coefficient (Wildman–Crippen LogP) is 2.14. The minimum absolute atomic E-state index is 0.0579. The van der Waals surface area contributed by atoms with Crippen LogP contribution in [0.5, 0.6) is 0 Å². The quantitative estimate of drug-likeness (QED) is 0.882. The van der Waals surface area contributed by atoms with Crippen molar-refractivity contribution in [1.29, 1.82) is 0 Å². The lowest BCUT2D eigenvalue weighted by Crippen LogP contribution is -2.35. The summed E-state index contributed by atoms with van der Waals surface area (Å²) in [5.74, 6) is -0.329. The van der Waals surface area contributed by atoms with E-state index in [2.05, 4.69) is 10.4 Å². The molecule has 130 valence electrons. The molecule has 1 N–H and O–H groups in total. The monoisotopic (exact) mass is 332 g/mol. The maximum atomic E-state index is 13.5. The summed E-state index contributed by atoms with van der Waals surface area (Å²) >= 11 is 0. The highest BCUT2D eigenvalue weighted by molar-refractivity contribution is 5.79. The number of rotatable bonds is 6. The van der Waals surface area contributed by atoms with Crippen LogP contribution in [-0.4, -0.2) is 41.2 Å². The Bertz CT molecular complexity index is 724. The summed E-state index contributed by atoms with van der Waals surface area (Å²) in [6.45, 7) is 4.29. The number of nitrogens with one attached hydrogen (secondary N) is 1. The number of aromatic nitrogens is 2. The summed E-state index contributed by atoms with van der Waals surface area (Å²) in [5, 5.41) is 7.29. The number of aryl methyl sites for hydroxylation is 2. The Morgan fingerprint density at radius 2 is 2.08 bits per heavy atom. The van der Waals surface area contributed by atoms with Gasteiger partial charge in [-0.15, -0.1) is 0 Å². The average Bonchev–Trinajstić information content (AvgIpc) is 2.73. The lowest BCUT2D eigenvalue weighted by molar-refractivity contribution is -0.120. The van der Waals surface area contributed by atoms with Crippen molar-refractivity contribution >= 4 is 5.91 Å². The highest BCUT2D eigenvalue weighted by Crippen LogP contribution is 2.18. The summed E-state index contributed by atoms with van der Waals surface area (Å²) in [6, 6.07) is 6.40. The van der Waals surface area contributed by atoms with Gasteiger partial charge in [0.1, 0.15) is 5.82 Å². The molecule has 0 aliphatic heterocycles. The smallest absolute Gasteiger partial charge is 0.224 e. The number of carbonyl (C=O) groups is 1. The van der Waals surface area contributed by atoms with Crippen LogP contribution < -0.4 is 5.32 Å². The Labute approximate surface area is 142 Å². The van der Waals surface area contributed by atoms with Crippen LogP contribution in [0.15, 0.2) is 24.3 Å². The molecule has 1 aromatic heterocycles. The first-order valence-electron chi connectivity index (χ1n) is 7.97. The molecule has 5 nitrogen and oxygen atoms in total. The van der Waals surface area contributed by atoms with Crippen LogP contribution in [0.2, 0.25) is 0 Å². The van der Waals surface area contributed by atoms with Gasteiger partial charge in [-0.1, -0.05) is 12.1 Å². The SMILES string of the molecule is Cc1nn(C)c(C)c1CC(=O)NCC(c1cccc(F)c1)N(C)C. The molecule has 1 atom stereocenters. The zero-order chi connectivity index (χ0) is 17.9. The van der Waals surface area contributed by atoms with E-state index in [4.69, 9.17) is 0 Å². The molecule has 0 aliphatic carbocycles. The van der Waals surface area contributed by atoms with Gasteiger partial charge < -0.3 is 10.2 Å². The Morgan fingerprint density at radius 1 is 1.38 bits per heavy atom. The average molecular weight is 332 g/mol. The van der Waals surface area contributed by atoms with Crippen molar-refractivity contribution in [2.75, 3.05) is 20.6 Å². The second kappa shape index (κ2) is 7.57. The van der Waals surface area contributed by atoms with Gasteiger partial charge >= 0.3 is 0 Å². The fourth-order valence-electron chi connectivity index (χ4n) is 2.82. The van der Waals surface area contributed by atoms with Gasteiger partial charge in [-0.2, -0.15) is 5.10 Å². The summed E-state index contributed by atoms with van der Waals surface area (Å²) in [7, 11) is 5.70. The number of likely N-dealkylation sites (N-methyl/N-ethyl adjacent to an activating group) is 1. The van der Waals surface area contributed by atoms with E-state index in [0.29, 0.717) is 13.0 Å². The van der Waals surface area contributed by atoms with Crippen LogP contribution >= 0.6 is 0 Å². The van der Waals surface area contributed by atoms with Gasteiger partial charge in [0, 0.05) is 24.8 Å². The third kappa shape index (κ3) is 4.20. The van der Waals surface area contributed by atoms with Crippen molar-refractivity contribution in [2.45, 2.75) is 26.3 Å². The molecule has 6 heteroatoms. The van der Waals surface area contributed by atoms with E-state index in [1.54, 1.807) is 10.7 Å². The van der Waals surface area contributed by atoms with Crippen molar-refractivity contribution in [2.24, 2.45) is 7.05 Å². The zero-order valence-corrected chi connectivity index (χ0v) is 14.9. The molecule has 1 amide bonds. The number of halogens is 1. The minimum atomic E-state index is -0.271. The van der Waals surface area contributed by atoms with Crippen LogP contribution in [0.3, 0.4) is 0 Å². The van der Waals surface area contributed by atoms with Crippen LogP contribution in [0, 0.1) is 19.7 Å². The van der Waals surface area contributed by atoms with E-state index in [9.17, 15) is 9.18 Å². The number of hydrogen-bond donors (Lipinski definition) is 1. The highest BCUT2D eigenvalue weighted by atomic mass is 19.1. The molecule has 1 unspecified atom stereocenters. The van der Waals surface area contributed by atoms with E-state index < -0.39 is 0 Å². The normalized spacial score (nSPS) is 12.5. The Balaban J connectivity index is 2.03. The fraction of sp³-hybridized carbons (Fsp3) is 0.444. The van der Waals surface area contributed by atoms with Gasteiger partial charge in [0.2, 0.25) is 5.91 Å². The van der Waals surface area contributed by atoms with Crippen LogP contribution in [0.1, 0.15) is 28.6 Å². The van der Waals surface area contributed by atoms with E-state index in [0.717, 1.165) is 22.5 Å². The predicted molar refractivity (Wildman–Crippen MR) is 92.2 cm³/mol. The molecule has 1 heterocycles. The van der Waals surface area contributed by atoms with Crippen LogP contribution in [0.25, 0.3) is 0 Å². The minimum Gasteiger partial charge on any atom is -0.354 e. The topological polar surface area (TPSA) is 50.2 Å². The molecule has 0 spiro atoms. The van der Waals surface area contributed by atoms with Gasteiger partial charge in [0.05, 0.1) is 18.2 Å². The molecule has 0 bridgehead atoms. The number of amides is 1. The third-order valence-electron chi connectivity index (χ3n) is 4.35. The summed E-state index contributed by atoms with van der Waals surface area (Å²) < 4.78 is 15.2. The van der Waals surface area contributed by atoms with Gasteiger partial charge in [-0.25, -0.2) is 4.39 Å². The second-order valence-corrected chi connectivity index (χ2v) is 6.29. The number of benzene rings is 1. The first-order valence-corrected chi connectivity index (χ1v) is 7.97. The lowest BCUT2D eigenvalue weighted by Gasteiger charge is -2.25. The van der Waals surface area contributed by atoms with Gasteiger partial charge in [0.25, 0.3) is 0 Å². The molecule has 1 aromatic carbocycles. The second-order valence-electron chi connectivity index (χ2n) is 6.29. The summed E-state index contributed by atoms with van der Waals surface area (Å²) in [5.41, 5.74) is 3.67. The first-order chi connectivity index (χ1) is 11.3. The van der Waals surface area contributed by atoms with Crippen LogP contribution in [-0.2, 0) is 18.3 Å². The third-order valence-corrected chi connectivity index (χ3v) is 4.35. The van der Waals surface area contributed by atoms with Crippen LogP contribution in [0.4, 0.5) is 4.39 Å². The maximum Gasteiger partial charge on any atom is 0.224 e. The number of carbonyl (C=O) groups excluding carboxylic acids is 1. The van der Waals surface area contributed by atoms with Crippen molar-refractivity contribution in [3.63, 3.8) is 0 Å². The largest absolute Gasteiger partial charge is 0.354 e. The molecule has 24 heavy (non-hydrogen) atoms. The number of hydrogen-bond acceptors (Lipinski definition) is 3. The molecule has 0 fully saturated rings. The van der Waals surface area contributed by atoms with E-state index in [1.165, 1.54) is 12.1 Å². The van der Waals surface area contributed by atoms with Crippen molar-refractivity contribution in [3.8, 4) is 0 Å². The van der Waals surface area contributed by atoms with Gasteiger partial charge in [-0.05, 0) is 45.6 Å². The van der Waals surface area contributed by atoms with Gasteiger partial charge in [0.15, 0.2) is 0 Å². The molecular formula is C18H25FN4O. The zero-order valence-electron chi connectivity index (χ0n) is 14.9. The van der Waals surface area contributed by atoms with E-state index >= 15 is 0 Å². The van der Waals surface area contributed by atoms with Crippen molar-refractivity contribution in [3.05, 3.63) is 52.6 Å². The lowest BCUT2D eigenvalue weighted by atomic mass is 10.1. The van der Waals surface area contributed by atoms with E-state index in [1.807, 2.05) is 46.0 Å². The maximum absolute atomic E-state index is 13.5. The molecule has 0 saturated heterocycles. The Hall–Kier alpha value is -2.21. The Kier molecular flexibility index (Phi) is 5.72. The van der Waals surface area contributed by atoms with E-state index in [-0.39, 0.29) is 17.8 Å². The number of nitrogens with zero attached hydrogens (tertiary/aromatic N) is 3. The van der Waals surface area contributed by atoms with Gasteiger partial charge in [-0.3, -0.25) is 9.48 Å². The summed E-state index contributed by atoms with van der Waals surface area (Å²) in [4.78, 5) is 14.3. The molecule has 2 rings (SSSR count). The molecule has 0 radical (unpaired) electrons. The van der Waals surface area contributed by atoms with Crippen molar-refractivity contribution in [1.82, 2.24) is 20.0 Å². The van der Waals surface area contributed by atoms with Crippen molar-refractivity contribution < 1.29 is 9.18 Å². The first kappa shape index (κ1) is 18.1.